The van der Waals surface area contributed by atoms with Gasteiger partial charge in [-0.3, -0.25) is 9.59 Å². The summed E-state index contributed by atoms with van der Waals surface area (Å²) in [5.74, 6) is -0.998. The van der Waals surface area contributed by atoms with Crippen LogP contribution in [-0.2, 0) is 19.4 Å². The molecule has 1 aromatic carbocycles. The maximum absolute atomic E-state index is 12.7. The Morgan fingerprint density at radius 2 is 2.00 bits per heavy atom. The van der Waals surface area contributed by atoms with Crippen molar-refractivity contribution in [2.45, 2.75) is 48.7 Å². The second-order valence-electron chi connectivity index (χ2n) is 6.90. The van der Waals surface area contributed by atoms with Crippen molar-refractivity contribution in [2.24, 2.45) is 5.41 Å². The third-order valence-corrected chi connectivity index (χ3v) is 7.88. The highest BCUT2D eigenvalue weighted by molar-refractivity contribution is 8.01. The normalized spacial score (nSPS) is 21.6. The molecule has 0 saturated carbocycles. The number of carboxylic acid groups (broad SMARTS) is 1. The minimum Gasteiger partial charge on any atom is -0.481 e. The summed E-state index contributed by atoms with van der Waals surface area (Å²) < 4.78 is 24.9. The van der Waals surface area contributed by atoms with Crippen LogP contribution in [0.5, 0.6) is 0 Å². The summed E-state index contributed by atoms with van der Waals surface area (Å²) in [6, 6.07) is 6.71. The number of carboxylic acids is 1. The van der Waals surface area contributed by atoms with Gasteiger partial charge in [0.15, 0.2) is 9.84 Å². The molecule has 0 spiro atoms. The lowest BCUT2D eigenvalue weighted by Crippen LogP contribution is -2.38. The average Bonchev–Trinajstić information content (AvgIpc) is 2.98. The van der Waals surface area contributed by atoms with Crippen molar-refractivity contribution in [3.05, 3.63) is 24.3 Å². The van der Waals surface area contributed by atoms with Gasteiger partial charge in [0, 0.05) is 18.0 Å². The summed E-state index contributed by atoms with van der Waals surface area (Å²) in [7, 11) is -3.38. The van der Waals surface area contributed by atoms with Crippen molar-refractivity contribution in [1.29, 1.82) is 0 Å². The highest BCUT2D eigenvalue weighted by Crippen LogP contribution is 2.34. The predicted molar refractivity (Wildman–Crippen MR) is 101 cm³/mol. The molecule has 26 heavy (non-hydrogen) atoms. The van der Waals surface area contributed by atoms with Crippen LogP contribution in [0.3, 0.4) is 0 Å². The number of carbonyl (C=O) groups excluding carboxylic acids is 1. The fourth-order valence-corrected chi connectivity index (χ4v) is 5.92. The first kappa shape index (κ1) is 20.8. The molecule has 1 aliphatic rings. The van der Waals surface area contributed by atoms with Gasteiger partial charge in [-0.25, -0.2) is 8.42 Å². The van der Waals surface area contributed by atoms with Gasteiger partial charge in [-0.2, -0.15) is 0 Å². The third-order valence-electron chi connectivity index (χ3n) is 4.61. The first-order valence-electron chi connectivity index (χ1n) is 8.61. The zero-order valence-corrected chi connectivity index (χ0v) is 16.9. The molecule has 0 aromatic heterocycles. The smallest absolute Gasteiger partial charge is 0.311 e. The number of aliphatic carboxylic acids is 1. The van der Waals surface area contributed by atoms with Crippen molar-refractivity contribution in [2.75, 3.05) is 18.8 Å². The van der Waals surface area contributed by atoms with Crippen molar-refractivity contribution in [1.82, 2.24) is 4.90 Å². The second kappa shape index (κ2) is 8.00. The van der Waals surface area contributed by atoms with Gasteiger partial charge in [0.05, 0.1) is 21.3 Å². The molecule has 1 amide bonds. The highest BCUT2D eigenvalue weighted by atomic mass is 32.2. The molecule has 0 aliphatic carbocycles. The average molecular weight is 400 g/mol. The Bertz CT molecular complexity index is 793. The molecular weight excluding hydrogens is 374 g/mol. The van der Waals surface area contributed by atoms with E-state index in [4.69, 9.17) is 0 Å². The zero-order valence-electron chi connectivity index (χ0n) is 15.3. The van der Waals surface area contributed by atoms with E-state index in [2.05, 4.69) is 0 Å². The van der Waals surface area contributed by atoms with Gasteiger partial charge in [-0.05, 0) is 38.8 Å². The first-order valence-corrected chi connectivity index (χ1v) is 11.1. The Morgan fingerprint density at radius 3 is 2.58 bits per heavy atom. The number of nitrogens with zero attached hydrogens (tertiary/aromatic N) is 1. The maximum atomic E-state index is 12.7. The van der Waals surface area contributed by atoms with E-state index in [1.165, 1.54) is 11.8 Å². The number of amides is 1. The second-order valence-corrected chi connectivity index (χ2v) is 10.4. The molecule has 0 radical (unpaired) electrons. The molecule has 2 atom stereocenters. The number of likely N-dealkylation sites (tertiary alicyclic amines) is 1. The van der Waals surface area contributed by atoms with Gasteiger partial charge >= 0.3 is 5.97 Å². The predicted octanol–water partition coefficient (Wildman–Crippen LogP) is 2.67. The number of hydrogen-bond donors (Lipinski definition) is 1. The SMILES string of the molecule is CCCS(=O)(=O)c1ccccc1SC(C)C(=O)N1CCC(C)(C(=O)O)C1. The van der Waals surface area contributed by atoms with E-state index in [1.807, 2.05) is 6.92 Å². The van der Waals surface area contributed by atoms with Crippen LogP contribution < -0.4 is 0 Å². The lowest BCUT2D eigenvalue weighted by Gasteiger charge is -2.23. The third kappa shape index (κ3) is 4.40. The number of rotatable bonds is 7. The fraction of sp³-hybridized carbons (Fsp3) is 0.556. The molecule has 2 unspecified atom stereocenters. The molecule has 0 bridgehead atoms. The minimum absolute atomic E-state index is 0.0655. The van der Waals surface area contributed by atoms with Gasteiger partial charge in [0.1, 0.15) is 0 Å². The van der Waals surface area contributed by atoms with E-state index in [-0.39, 0.29) is 23.1 Å². The lowest BCUT2D eigenvalue weighted by molar-refractivity contribution is -0.147. The molecule has 1 heterocycles. The highest BCUT2D eigenvalue weighted by Gasteiger charge is 2.43. The largest absolute Gasteiger partial charge is 0.481 e. The van der Waals surface area contributed by atoms with Crippen molar-refractivity contribution in [3.8, 4) is 0 Å². The Hall–Kier alpha value is -1.54. The van der Waals surface area contributed by atoms with Crippen LogP contribution in [0.2, 0.25) is 0 Å². The Labute approximate surface area is 158 Å². The molecule has 1 aromatic rings. The van der Waals surface area contributed by atoms with Crippen LogP contribution in [0.15, 0.2) is 34.1 Å². The molecule has 1 saturated heterocycles. The molecular formula is C18H25NO5S2. The number of benzene rings is 1. The number of sulfone groups is 1. The molecule has 1 N–H and O–H groups in total. The Morgan fingerprint density at radius 1 is 1.35 bits per heavy atom. The van der Waals surface area contributed by atoms with E-state index >= 15 is 0 Å². The van der Waals surface area contributed by atoms with Gasteiger partial charge in [-0.1, -0.05) is 19.1 Å². The lowest BCUT2D eigenvalue weighted by atomic mass is 9.90. The van der Waals surface area contributed by atoms with Crippen molar-refractivity contribution < 1.29 is 23.1 Å². The fourth-order valence-electron chi connectivity index (χ4n) is 3.00. The molecule has 1 fully saturated rings. The molecule has 8 heteroatoms. The zero-order chi connectivity index (χ0) is 19.5. The van der Waals surface area contributed by atoms with Crippen LogP contribution in [0.4, 0.5) is 0 Å². The summed E-state index contributed by atoms with van der Waals surface area (Å²) in [4.78, 5) is 26.4. The monoisotopic (exact) mass is 399 g/mol. The van der Waals surface area contributed by atoms with E-state index < -0.39 is 26.5 Å². The molecule has 1 aliphatic heterocycles. The van der Waals surface area contributed by atoms with Crippen LogP contribution in [0, 0.1) is 5.41 Å². The summed E-state index contributed by atoms with van der Waals surface area (Å²) in [5.41, 5.74) is -0.914. The van der Waals surface area contributed by atoms with E-state index in [0.717, 1.165) is 0 Å². The minimum atomic E-state index is -3.38. The quantitative estimate of drug-likeness (QED) is 0.709. The van der Waals surface area contributed by atoms with Crippen LogP contribution in [0.1, 0.15) is 33.6 Å². The van der Waals surface area contributed by atoms with Crippen LogP contribution >= 0.6 is 11.8 Å². The Kier molecular flexibility index (Phi) is 6.39. The van der Waals surface area contributed by atoms with Gasteiger partial charge in [-0.15, -0.1) is 11.8 Å². The van der Waals surface area contributed by atoms with E-state index in [9.17, 15) is 23.1 Å². The topological polar surface area (TPSA) is 91.8 Å². The molecule has 144 valence electrons. The molecule has 6 nitrogen and oxygen atoms in total. The maximum Gasteiger partial charge on any atom is 0.311 e. The standard InChI is InChI=1S/C18H25NO5S2/c1-4-11-26(23,24)15-8-6-5-7-14(15)25-13(2)16(20)19-10-9-18(3,12-19)17(21)22/h5-8,13H,4,9-12H2,1-3H3,(H,21,22). The Balaban J connectivity index is 2.15. The molecule has 2 rings (SSSR count). The summed E-state index contributed by atoms with van der Waals surface area (Å²) in [6.45, 7) is 5.77. The number of carbonyl (C=O) groups is 2. The van der Waals surface area contributed by atoms with E-state index in [0.29, 0.717) is 24.3 Å². The number of hydrogen-bond acceptors (Lipinski definition) is 5. The van der Waals surface area contributed by atoms with Gasteiger partial charge < -0.3 is 10.0 Å². The summed E-state index contributed by atoms with van der Waals surface area (Å²) in [5, 5.41) is 8.82. The van der Waals surface area contributed by atoms with Crippen molar-refractivity contribution in [3.63, 3.8) is 0 Å². The summed E-state index contributed by atoms with van der Waals surface area (Å²) in [6.07, 6.45) is 0.949. The van der Waals surface area contributed by atoms with Crippen LogP contribution in [-0.4, -0.2) is 54.4 Å². The number of thioether (sulfide) groups is 1. The van der Waals surface area contributed by atoms with Crippen molar-refractivity contribution >= 4 is 33.5 Å². The first-order chi connectivity index (χ1) is 12.1. The van der Waals surface area contributed by atoms with Crippen LogP contribution in [0.25, 0.3) is 0 Å². The van der Waals surface area contributed by atoms with E-state index in [1.54, 1.807) is 43.0 Å². The van der Waals surface area contributed by atoms with Gasteiger partial charge in [0.25, 0.3) is 0 Å². The summed E-state index contributed by atoms with van der Waals surface area (Å²) >= 11 is 1.21. The van der Waals surface area contributed by atoms with Gasteiger partial charge in [0.2, 0.25) is 5.91 Å².